The van der Waals surface area contributed by atoms with E-state index in [-0.39, 0.29) is 17.7 Å². The number of aromatic amines is 1. The molecular weight excluding hydrogens is 350 g/mol. The molecule has 1 saturated heterocycles. The minimum Gasteiger partial charge on any atom is -0.344 e. The summed E-state index contributed by atoms with van der Waals surface area (Å²) in [5.41, 5.74) is 1.52. The number of hydrogen-bond donors (Lipinski definition) is 1. The zero-order valence-electron chi connectivity index (χ0n) is 14.6. The number of rotatable bonds is 3. The number of likely N-dealkylation sites (tertiary alicyclic amines) is 1. The quantitative estimate of drug-likeness (QED) is 0.768. The van der Waals surface area contributed by atoms with Gasteiger partial charge in [0.1, 0.15) is 10.5 Å². The first-order chi connectivity index (χ1) is 12.6. The predicted octanol–water partition coefficient (Wildman–Crippen LogP) is 2.35. The van der Waals surface area contributed by atoms with Gasteiger partial charge in [-0.15, -0.1) is 11.3 Å². The Hall–Kier alpha value is -2.74. The van der Waals surface area contributed by atoms with E-state index in [1.165, 1.54) is 11.3 Å². The maximum Gasteiger partial charge on any atom is 0.271 e. The van der Waals surface area contributed by atoms with E-state index >= 15 is 0 Å². The van der Waals surface area contributed by atoms with E-state index in [9.17, 15) is 9.59 Å². The minimum atomic E-state index is -0.0526. The van der Waals surface area contributed by atoms with Gasteiger partial charge in [-0.2, -0.15) is 5.10 Å². The van der Waals surface area contributed by atoms with Crippen molar-refractivity contribution in [2.45, 2.75) is 12.3 Å². The molecule has 0 aromatic carbocycles. The Morgan fingerprint density at radius 1 is 1.31 bits per heavy atom. The highest BCUT2D eigenvalue weighted by molar-refractivity contribution is 7.20. The second-order valence-electron chi connectivity index (χ2n) is 6.61. The van der Waals surface area contributed by atoms with Gasteiger partial charge >= 0.3 is 0 Å². The average Bonchev–Trinajstić information content (AvgIpc) is 3.38. The van der Waals surface area contributed by atoms with Crippen molar-refractivity contribution >= 4 is 33.4 Å². The van der Waals surface area contributed by atoms with E-state index in [1.54, 1.807) is 37.5 Å². The molecule has 4 rings (SSSR count). The lowest BCUT2D eigenvalue weighted by Gasteiger charge is -2.17. The van der Waals surface area contributed by atoms with Crippen LogP contribution in [0.25, 0.3) is 10.2 Å². The number of nitrogens with zero attached hydrogens (tertiary/aromatic N) is 4. The molecule has 1 unspecified atom stereocenters. The molecule has 1 aliphatic heterocycles. The Morgan fingerprint density at radius 2 is 2.15 bits per heavy atom. The van der Waals surface area contributed by atoms with Crippen LogP contribution in [0.1, 0.15) is 38.1 Å². The summed E-state index contributed by atoms with van der Waals surface area (Å²) < 4.78 is 0. The molecule has 0 saturated carbocycles. The van der Waals surface area contributed by atoms with Crippen molar-refractivity contribution in [3.05, 3.63) is 46.7 Å². The number of H-pyrrole nitrogens is 1. The largest absolute Gasteiger partial charge is 0.344 e. The third-order valence-electron chi connectivity index (χ3n) is 4.72. The summed E-state index contributed by atoms with van der Waals surface area (Å²) in [5, 5.41) is 7.60. The number of fused-ring (bicyclic) bond motifs is 1. The summed E-state index contributed by atoms with van der Waals surface area (Å²) in [5.74, 6) is 0.0585. The molecule has 1 N–H and O–H groups in total. The Balaban J connectivity index is 1.69. The summed E-state index contributed by atoms with van der Waals surface area (Å²) in [4.78, 5) is 34.7. The summed E-state index contributed by atoms with van der Waals surface area (Å²) in [6.07, 6.45) is 4.15. The lowest BCUT2D eigenvalue weighted by Crippen LogP contribution is -2.29. The third-order valence-corrected chi connectivity index (χ3v) is 5.84. The molecule has 1 fully saturated rings. The standard InChI is InChI=1S/C18H19N5O2S/c1-22(2)18(25)15-14(12-4-3-7-19-16(12)26-15)11-6-9-23(10-11)17(24)13-5-8-20-21-13/h3-5,7-8,11H,6,9-10H2,1-2H3,(H,20,21). The Kier molecular flexibility index (Phi) is 4.20. The highest BCUT2D eigenvalue weighted by atomic mass is 32.1. The molecule has 0 bridgehead atoms. The monoisotopic (exact) mass is 369 g/mol. The van der Waals surface area contributed by atoms with Gasteiger partial charge in [-0.05, 0) is 24.1 Å². The van der Waals surface area contributed by atoms with Crippen LogP contribution in [0.15, 0.2) is 30.6 Å². The molecule has 2 amide bonds. The van der Waals surface area contributed by atoms with Crippen molar-refractivity contribution in [3.8, 4) is 0 Å². The first-order valence-corrected chi connectivity index (χ1v) is 9.25. The van der Waals surface area contributed by atoms with Crippen molar-refractivity contribution in [3.63, 3.8) is 0 Å². The number of amides is 2. The van der Waals surface area contributed by atoms with E-state index in [4.69, 9.17) is 0 Å². The molecule has 0 radical (unpaired) electrons. The lowest BCUT2D eigenvalue weighted by atomic mass is 9.95. The highest BCUT2D eigenvalue weighted by Crippen LogP contribution is 2.39. The summed E-state index contributed by atoms with van der Waals surface area (Å²) >= 11 is 1.43. The normalized spacial score (nSPS) is 17.0. The van der Waals surface area contributed by atoms with Crippen molar-refractivity contribution < 1.29 is 9.59 Å². The fourth-order valence-electron chi connectivity index (χ4n) is 3.44. The third kappa shape index (κ3) is 2.76. The predicted molar refractivity (Wildman–Crippen MR) is 99.5 cm³/mol. The molecule has 3 aromatic rings. The van der Waals surface area contributed by atoms with Gasteiger partial charge in [-0.1, -0.05) is 6.07 Å². The molecule has 134 valence electrons. The van der Waals surface area contributed by atoms with E-state index < -0.39 is 0 Å². The molecule has 1 atom stereocenters. The van der Waals surface area contributed by atoms with Crippen LogP contribution in [0, 0.1) is 0 Å². The van der Waals surface area contributed by atoms with Crippen LogP contribution in [0.3, 0.4) is 0 Å². The van der Waals surface area contributed by atoms with Crippen molar-refractivity contribution in [1.29, 1.82) is 0 Å². The van der Waals surface area contributed by atoms with Gasteiger partial charge in [0.05, 0.1) is 4.88 Å². The van der Waals surface area contributed by atoms with Crippen molar-refractivity contribution in [1.82, 2.24) is 25.0 Å². The van der Waals surface area contributed by atoms with Gasteiger partial charge in [-0.25, -0.2) is 4.98 Å². The van der Waals surface area contributed by atoms with Crippen LogP contribution in [-0.4, -0.2) is 64.0 Å². The molecule has 7 nitrogen and oxygen atoms in total. The fraction of sp³-hybridized carbons (Fsp3) is 0.333. The van der Waals surface area contributed by atoms with Gasteiger partial charge in [0.25, 0.3) is 11.8 Å². The number of carbonyl (C=O) groups excluding carboxylic acids is 2. The fourth-order valence-corrected chi connectivity index (χ4v) is 4.70. The lowest BCUT2D eigenvalue weighted by molar-refractivity contribution is 0.0785. The first kappa shape index (κ1) is 16.7. The molecular formula is C18H19N5O2S. The van der Waals surface area contributed by atoms with Gasteiger partial charge in [-0.3, -0.25) is 14.7 Å². The zero-order chi connectivity index (χ0) is 18.3. The maximum atomic E-state index is 12.7. The Bertz CT molecular complexity index is 963. The smallest absolute Gasteiger partial charge is 0.271 e. The van der Waals surface area contributed by atoms with Crippen LogP contribution < -0.4 is 0 Å². The van der Waals surface area contributed by atoms with E-state index in [2.05, 4.69) is 15.2 Å². The average molecular weight is 369 g/mol. The van der Waals surface area contributed by atoms with E-state index in [0.717, 1.165) is 27.1 Å². The molecule has 8 heteroatoms. The SMILES string of the molecule is CN(C)C(=O)c1sc2ncccc2c1C1CCN(C(=O)c2ccn[nH]2)C1. The number of thiophene rings is 1. The second kappa shape index (κ2) is 6.53. The molecule has 26 heavy (non-hydrogen) atoms. The summed E-state index contributed by atoms with van der Waals surface area (Å²) in [6, 6.07) is 5.59. The molecule has 4 heterocycles. The van der Waals surface area contributed by atoms with Gasteiger partial charge in [0, 0.05) is 50.9 Å². The number of pyridine rings is 1. The zero-order valence-corrected chi connectivity index (χ0v) is 15.4. The number of carbonyl (C=O) groups is 2. The van der Waals surface area contributed by atoms with E-state index in [0.29, 0.717) is 18.8 Å². The van der Waals surface area contributed by atoms with Crippen LogP contribution in [0.2, 0.25) is 0 Å². The molecule has 3 aromatic heterocycles. The van der Waals surface area contributed by atoms with Gasteiger partial charge < -0.3 is 9.80 Å². The van der Waals surface area contributed by atoms with Crippen LogP contribution >= 0.6 is 11.3 Å². The summed E-state index contributed by atoms with van der Waals surface area (Å²) in [7, 11) is 3.51. The molecule has 1 aliphatic rings. The van der Waals surface area contributed by atoms with Crippen LogP contribution in [0.4, 0.5) is 0 Å². The summed E-state index contributed by atoms with van der Waals surface area (Å²) in [6.45, 7) is 1.25. The number of hydrogen-bond acceptors (Lipinski definition) is 5. The second-order valence-corrected chi connectivity index (χ2v) is 7.61. The maximum absolute atomic E-state index is 12.7. The van der Waals surface area contributed by atoms with Crippen LogP contribution in [-0.2, 0) is 0 Å². The Morgan fingerprint density at radius 3 is 2.88 bits per heavy atom. The highest BCUT2D eigenvalue weighted by Gasteiger charge is 2.33. The van der Waals surface area contributed by atoms with Gasteiger partial charge in [0.15, 0.2) is 0 Å². The van der Waals surface area contributed by atoms with Crippen molar-refractivity contribution in [2.24, 2.45) is 0 Å². The minimum absolute atomic E-state index is 0.0126. The Labute approximate surface area is 154 Å². The van der Waals surface area contributed by atoms with Crippen LogP contribution in [0.5, 0.6) is 0 Å². The molecule has 0 spiro atoms. The van der Waals surface area contributed by atoms with E-state index in [1.807, 2.05) is 17.0 Å². The number of nitrogens with one attached hydrogen (secondary N) is 1. The molecule has 0 aliphatic carbocycles. The number of aromatic nitrogens is 3. The topological polar surface area (TPSA) is 82.2 Å². The first-order valence-electron chi connectivity index (χ1n) is 8.44. The van der Waals surface area contributed by atoms with Crippen molar-refractivity contribution in [2.75, 3.05) is 27.2 Å². The van der Waals surface area contributed by atoms with Gasteiger partial charge in [0.2, 0.25) is 0 Å².